The summed E-state index contributed by atoms with van der Waals surface area (Å²) < 4.78 is 5.51. The minimum absolute atomic E-state index is 0.0158. The van der Waals surface area contributed by atoms with Crippen LogP contribution in [-0.4, -0.2) is 0 Å². The normalized spacial score (nSPS) is 24.4. The van der Waals surface area contributed by atoms with Crippen LogP contribution in [0.4, 0.5) is 0 Å². The fourth-order valence-corrected chi connectivity index (χ4v) is 11.0. The lowest BCUT2D eigenvalue weighted by Gasteiger charge is -2.49. The molecule has 0 radical (unpaired) electrons. The zero-order chi connectivity index (χ0) is 33.4. The maximum atomic E-state index is 2.80. The van der Waals surface area contributed by atoms with E-state index < -0.39 is 0 Å². The van der Waals surface area contributed by atoms with Gasteiger partial charge in [0.2, 0.25) is 11.4 Å². The van der Waals surface area contributed by atoms with Crippen molar-refractivity contribution in [3.8, 4) is 33.6 Å². The average Bonchev–Trinajstić information content (AvgIpc) is 3.49. The molecule has 3 atom stereocenters. The van der Waals surface area contributed by atoms with Crippen LogP contribution >= 0.6 is 0 Å². The second kappa shape index (κ2) is 9.78. The Balaban J connectivity index is 1.34. The summed E-state index contributed by atoms with van der Waals surface area (Å²) in [6.45, 7) is 19.7. The van der Waals surface area contributed by atoms with E-state index in [-0.39, 0.29) is 21.8 Å². The van der Waals surface area contributed by atoms with Gasteiger partial charge in [-0.05, 0) is 70.5 Å². The molecule has 0 bridgehead atoms. The predicted molar refractivity (Wildman–Crippen MR) is 196 cm³/mol. The van der Waals surface area contributed by atoms with Gasteiger partial charge in [0, 0.05) is 59.8 Å². The Morgan fingerprint density at radius 1 is 0.646 bits per heavy atom. The minimum Gasteiger partial charge on any atom is -0.195 e. The van der Waals surface area contributed by atoms with Crippen LogP contribution in [-0.2, 0) is 34.6 Å². The first-order valence-corrected chi connectivity index (χ1v) is 18.5. The van der Waals surface area contributed by atoms with Crippen LogP contribution in [0.15, 0.2) is 91.3 Å². The topological polar surface area (TPSA) is 7.76 Å². The quantitative estimate of drug-likeness (QED) is 0.165. The Kier molecular flexibility index (Phi) is 6.12. The van der Waals surface area contributed by atoms with Gasteiger partial charge in [0.05, 0.1) is 16.5 Å². The van der Waals surface area contributed by atoms with E-state index in [0.717, 1.165) is 32.1 Å². The summed E-state index contributed by atoms with van der Waals surface area (Å²) in [5.41, 5.74) is 18.9. The number of nitrogens with zero attached hydrogens (tertiary/aromatic N) is 2. The summed E-state index contributed by atoms with van der Waals surface area (Å²) in [5, 5.41) is 0. The van der Waals surface area contributed by atoms with Crippen molar-refractivity contribution in [2.24, 2.45) is 0 Å². The minimum atomic E-state index is -0.100. The highest BCUT2D eigenvalue weighted by molar-refractivity contribution is 5.85. The van der Waals surface area contributed by atoms with Gasteiger partial charge in [0.1, 0.15) is 0 Å². The lowest BCUT2D eigenvalue weighted by Crippen LogP contribution is -2.69. The summed E-state index contributed by atoms with van der Waals surface area (Å²) in [6.07, 6.45) is 10.3. The highest BCUT2D eigenvalue weighted by Crippen LogP contribution is 2.61. The van der Waals surface area contributed by atoms with E-state index in [2.05, 4.69) is 156 Å². The van der Waals surface area contributed by atoms with Crippen molar-refractivity contribution in [3.63, 3.8) is 0 Å². The maximum Gasteiger partial charge on any atom is 0.217 e. The van der Waals surface area contributed by atoms with Crippen LogP contribution in [0, 0.1) is 0 Å². The second-order valence-corrected chi connectivity index (χ2v) is 16.5. The molecule has 4 heterocycles. The van der Waals surface area contributed by atoms with Gasteiger partial charge in [0.25, 0.3) is 0 Å². The molecule has 0 fully saturated rings. The standard InChI is InChI=1S/C46H50N2/c1-9-29-23-38-42-40-36(44(38,6)7)25-32(30-17-13-12-14-18-30)26-37(40)46(11-3,45(8,10-2)48(42)28-29)27-33-24-31-19-15-20-34-39(31)41-35(43(34,4)5)21-16-22-47(33)41/h12-23,25-26,28,33H,9-11,24,27H2,1-8H3/q+2. The molecule has 5 aromatic rings. The molecule has 0 saturated heterocycles. The molecule has 0 amide bonds. The van der Waals surface area contributed by atoms with Gasteiger partial charge >= 0.3 is 0 Å². The number of aromatic nitrogens is 2. The van der Waals surface area contributed by atoms with Gasteiger partial charge in [-0.15, -0.1) is 0 Å². The Hall–Kier alpha value is -4.04. The summed E-state index contributed by atoms with van der Waals surface area (Å²) >= 11 is 0. The predicted octanol–water partition coefficient (Wildman–Crippen LogP) is 10.1. The Morgan fingerprint density at radius 2 is 1.38 bits per heavy atom. The summed E-state index contributed by atoms with van der Waals surface area (Å²) in [5.74, 6) is 0. The fraction of sp³-hybridized carbons (Fsp3) is 0.391. The number of aryl methyl sites for hydroxylation is 1. The van der Waals surface area contributed by atoms with E-state index in [4.69, 9.17) is 0 Å². The second-order valence-electron chi connectivity index (χ2n) is 16.5. The van der Waals surface area contributed by atoms with Crippen LogP contribution in [0.5, 0.6) is 0 Å². The lowest BCUT2D eigenvalue weighted by atomic mass is 9.56. The molecule has 2 aromatic heterocycles. The summed E-state index contributed by atoms with van der Waals surface area (Å²) in [4.78, 5) is 0. The van der Waals surface area contributed by atoms with Crippen molar-refractivity contribution in [1.29, 1.82) is 0 Å². The van der Waals surface area contributed by atoms with Gasteiger partial charge in [0.15, 0.2) is 24.0 Å². The van der Waals surface area contributed by atoms with Gasteiger partial charge in [-0.1, -0.05) is 97.0 Å². The van der Waals surface area contributed by atoms with E-state index in [1.807, 2.05) is 0 Å². The number of benzene rings is 3. The molecule has 0 N–H and O–H groups in total. The van der Waals surface area contributed by atoms with Crippen LogP contribution in [0.2, 0.25) is 0 Å². The molecule has 3 aromatic carbocycles. The first-order valence-electron chi connectivity index (χ1n) is 18.5. The molecule has 48 heavy (non-hydrogen) atoms. The van der Waals surface area contributed by atoms with Crippen LogP contribution in [0.1, 0.15) is 120 Å². The average molecular weight is 631 g/mol. The molecule has 2 nitrogen and oxygen atoms in total. The number of hydrogen-bond acceptors (Lipinski definition) is 0. The molecule has 0 saturated carbocycles. The molecule has 2 heteroatoms. The molecule has 9 rings (SSSR count). The van der Waals surface area contributed by atoms with Gasteiger partial charge in [-0.2, -0.15) is 9.13 Å². The van der Waals surface area contributed by atoms with Gasteiger partial charge in [-0.3, -0.25) is 0 Å². The lowest BCUT2D eigenvalue weighted by molar-refractivity contribution is -0.771. The highest BCUT2D eigenvalue weighted by atomic mass is 15.1. The van der Waals surface area contributed by atoms with E-state index in [9.17, 15) is 0 Å². The SMILES string of the molecule is CCc1cc2c3[n+](c1)C(C)(CC)C(CC)(CC1Cc4cccc5c4-c4c(ccc[n+]41)C5(C)C)c1cc(-c4ccccc4)cc(c1-3)C2(C)C. The van der Waals surface area contributed by atoms with Crippen molar-refractivity contribution in [3.05, 3.63) is 130 Å². The van der Waals surface area contributed by atoms with Crippen molar-refractivity contribution >= 4 is 0 Å². The fourth-order valence-electron chi connectivity index (χ4n) is 11.0. The summed E-state index contributed by atoms with van der Waals surface area (Å²) in [7, 11) is 0. The maximum absolute atomic E-state index is 2.80. The number of rotatable bonds is 6. The van der Waals surface area contributed by atoms with E-state index in [1.165, 1.54) is 67.0 Å². The van der Waals surface area contributed by atoms with Crippen molar-refractivity contribution in [2.45, 2.75) is 115 Å². The molecule has 0 spiro atoms. The van der Waals surface area contributed by atoms with Crippen molar-refractivity contribution in [1.82, 2.24) is 0 Å². The summed E-state index contributed by atoms with van der Waals surface area (Å²) in [6, 6.07) is 31.0. The van der Waals surface area contributed by atoms with Crippen molar-refractivity contribution in [2.75, 3.05) is 0 Å². The molecule has 2 aliphatic heterocycles. The zero-order valence-electron chi connectivity index (χ0n) is 30.2. The Bertz CT molecular complexity index is 2170. The molecule has 242 valence electrons. The third kappa shape index (κ3) is 3.49. The number of pyridine rings is 2. The Morgan fingerprint density at radius 3 is 2.10 bits per heavy atom. The van der Waals surface area contributed by atoms with Crippen molar-refractivity contribution < 1.29 is 9.13 Å². The first-order chi connectivity index (χ1) is 23.0. The Labute approximate surface area is 287 Å². The molecule has 2 aliphatic carbocycles. The highest BCUT2D eigenvalue weighted by Gasteiger charge is 2.64. The van der Waals surface area contributed by atoms with E-state index in [1.54, 1.807) is 5.56 Å². The first kappa shape index (κ1) is 30.1. The van der Waals surface area contributed by atoms with Crippen LogP contribution in [0.25, 0.3) is 33.6 Å². The van der Waals surface area contributed by atoms with Gasteiger partial charge < -0.3 is 0 Å². The van der Waals surface area contributed by atoms with E-state index >= 15 is 0 Å². The third-order valence-electron chi connectivity index (χ3n) is 13.9. The molecule has 4 aliphatic rings. The van der Waals surface area contributed by atoms with Gasteiger partial charge in [-0.25, -0.2) is 0 Å². The molecular formula is C46H50N2+2. The zero-order valence-corrected chi connectivity index (χ0v) is 30.2. The largest absolute Gasteiger partial charge is 0.217 e. The van der Waals surface area contributed by atoms with Crippen LogP contribution < -0.4 is 9.13 Å². The molecule has 3 unspecified atom stereocenters. The smallest absolute Gasteiger partial charge is 0.195 e. The number of hydrogen-bond donors (Lipinski definition) is 0. The van der Waals surface area contributed by atoms with Crippen LogP contribution in [0.3, 0.4) is 0 Å². The monoisotopic (exact) mass is 630 g/mol. The molecular weight excluding hydrogens is 581 g/mol. The van der Waals surface area contributed by atoms with E-state index in [0.29, 0.717) is 6.04 Å². The third-order valence-corrected chi connectivity index (χ3v) is 13.9.